The Bertz CT molecular complexity index is 138. The third-order valence-corrected chi connectivity index (χ3v) is 0.451. The minimum absolute atomic E-state index is 0.243. The SMILES string of the molecule is C=CCl.O=C(O)C=C(Cl)Cl. The Morgan fingerprint density at radius 2 is 1.80 bits per heavy atom. The van der Waals surface area contributed by atoms with Crippen molar-refractivity contribution in [2.24, 2.45) is 0 Å². The van der Waals surface area contributed by atoms with Gasteiger partial charge in [0.15, 0.2) is 0 Å². The van der Waals surface area contributed by atoms with Gasteiger partial charge in [-0.15, -0.1) is 0 Å². The molecular weight excluding hydrogens is 198 g/mol. The van der Waals surface area contributed by atoms with Crippen molar-refractivity contribution >= 4 is 40.8 Å². The first-order valence-electron chi connectivity index (χ1n) is 2.01. The van der Waals surface area contributed by atoms with Crippen molar-refractivity contribution in [1.82, 2.24) is 0 Å². The summed E-state index contributed by atoms with van der Waals surface area (Å²) < 4.78 is -0.243. The van der Waals surface area contributed by atoms with Gasteiger partial charge in [-0.3, -0.25) is 0 Å². The monoisotopic (exact) mass is 202 g/mol. The van der Waals surface area contributed by atoms with Gasteiger partial charge in [-0.2, -0.15) is 0 Å². The second-order valence-corrected chi connectivity index (χ2v) is 2.24. The summed E-state index contributed by atoms with van der Waals surface area (Å²) in [6.45, 7) is 3.13. The lowest BCUT2D eigenvalue weighted by Crippen LogP contribution is -1.84. The molecule has 0 atom stereocenters. The van der Waals surface area contributed by atoms with Crippen LogP contribution >= 0.6 is 34.8 Å². The van der Waals surface area contributed by atoms with Gasteiger partial charge in [-0.05, 0) is 5.54 Å². The van der Waals surface area contributed by atoms with E-state index in [4.69, 9.17) is 39.9 Å². The van der Waals surface area contributed by atoms with Crippen molar-refractivity contribution in [3.05, 3.63) is 22.7 Å². The zero-order valence-electron chi connectivity index (χ0n) is 4.85. The van der Waals surface area contributed by atoms with Crippen molar-refractivity contribution in [2.75, 3.05) is 0 Å². The number of carboxylic acid groups (broad SMARTS) is 1. The highest BCUT2D eigenvalue weighted by atomic mass is 35.5. The molecule has 5 heteroatoms. The third kappa shape index (κ3) is 24.9. The number of halogens is 3. The Hall–Kier alpha value is -0.180. The molecule has 0 rings (SSSR count). The summed E-state index contributed by atoms with van der Waals surface area (Å²) in [5, 5.41) is 7.84. The van der Waals surface area contributed by atoms with Crippen LogP contribution in [0.5, 0.6) is 0 Å². The molecule has 0 aliphatic heterocycles. The highest BCUT2D eigenvalue weighted by Gasteiger charge is 1.88. The molecule has 0 heterocycles. The maximum atomic E-state index is 9.56. The van der Waals surface area contributed by atoms with Gasteiger partial charge in [0.1, 0.15) is 4.49 Å². The number of carbonyl (C=O) groups is 1. The summed E-state index contributed by atoms with van der Waals surface area (Å²) in [5.74, 6) is -1.14. The molecular formula is C5H5Cl3O2. The molecule has 0 spiro atoms. The Balaban J connectivity index is 0. The normalized spacial score (nSPS) is 6.70. The highest BCUT2D eigenvalue weighted by molar-refractivity contribution is 6.56. The summed E-state index contributed by atoms with van der Waals surface area (Å²) in [4.78, 5) is 9.56. The van der Waals surface area contributed by atoms with Crippen LogP contribution in [0, 0.1) is 0 Å². The molecule has 1 N–H and O–H groups in total. The topological polar surface area (TPSA) is 37.3 Å². The fourth-order valence-electron chi connectivity index (χ4n) is 0.0933. The largest absolute Gasteiger partial charge is 0.478 e. The van der Waals surface area contributed by atoms with Gasteiger partial charge in [-0.1, -0.05) is 41.4 Å². The predicted molar refractivity (Wildman–Crippen MR) is 43.5 cm³/mol. The quantitative estimate of drug-likeness (QED) is 0.665. The molecule has 0 fully saturated rings. The van der Waals surface area contributed by atoms with Gasteiger partial charge in [0.2, 0.25) is 0 Å². The molecule has 0 amide bonds. The second-order valence-electron chi connectivity index (χ2n) is 0.927. The molecule has 0 unspecified atom stereocenters. The molecule has 2 nitrogen and oxygen atoms in total. The van der Waals surface area contributed by atoms with Crippen molar-refractivity contribution in [2.45, 2.75) is 0 Å². The number of hydrogen-bond acceptors (Lipinski definition) is 1. The van der Waals surface area contributed by atoms with E-state index in [1.807, 2.05) is 0 Å². The third-order valence-electron chi connectivity index (χ3n) is 0.233. The summed E-state index contributed by atoms with van der Waals surface area (Å²) in [7, 11) is 0. The average molecular weight is 203 g/mol. The van der Waals surface area contributed by atoms with Crippen LogP contribution in [0.4, 0.5) is 0 Å². The molecule has 0 aromatic carbocycles. The lowest BCUT2D eigenvalue weighted by molar-refractivity contribution is -0.131. The average Bonchev–Trinajstić information content (AvgIpc) is 1.62. The summed E-state index contributed by atoms with van der Waals surface area (Å²) in [6, 6.07) is 0. The highest BCUT2D eigenvalue weighted by Crippen LogP contribution is 2.04. The zero-order valence-corrected chi connectivity index (χ0v) is 7.12. The van der Waals surface area contributed by atoms with Gasteiger partial charge in [0.25, 0.3) is 0 Å². The van der Waals surface area contributed by atoms with E-state index in [1.165, 1.54) is 5.54 Å². The van der Waals surface area contributed by atoms with Crippen LogP contribution in [-0.2, 0) is 4.79 Å². The Morgan fingerprint density at radius 1 is 1.50 bits per heavy atom. The van der Waals surface area contributed by atoms with Gasteiger partial charge in [0.05, 0.1) is 6.08 Å². The van der Waals surface area contributed by atoms with Crippen LogP contribution in [0.1, 0.15) is 0 Å². The molecule has 0 aliphatic rings. The molecule has 58 valence electrons. The smallest absolute Gasteiger partial charge is 0.330 e. The molecule has 10 heavy (non-hydrogen) atoms. The van der Waals surface area contributed by atoms with Crippen LogP contribution in [0.3, 0.4) is 0 Å². The fraction of sp³-hybridized carbons (Fsp3) is 0. The predicted octanol–water partition coefficient (Wildman–Crippen LogP) is 2.76. The van der Waals surface area contributed by atoms with Gasteiger partial charge >= 0.3 is 5.97 Å². The Morgan fingerprint density at radius 3 is 1.80 bits per heavy atom. The van der Waals surface area contributed by atoms with Gasteiger partial charge < -0.3 is 5.11 Å². The van der Waals surface area contributed by atoms with E-state index in [2.05, 4.69) is 6.58 Å². The van der Waals surface area contributed by atoms with Crippen LogP contribution in [0.25, 0.3) is 0 Å². The summed E-state index contributed by atoms with van der Waals surface area (Å²) in [6.07, 6.45) is 0.698. The van der Waals surface area contributed by atoms with E-state index in [0.29, 0.717) is 6.08 Å². The van der Waals surface area contributed by atoms with Crippen molar-refractivity contribution < 1.29 is 9.90 Å². The van der Waals surface area contributed by atoms with Crippen LogP contribution in [-0.4, -0.2) is 11.1 Å². The van der Waals surface area contributed by atoms with E-state index in [0.717, 1.165) is 0 Å². The first-order valence-corrected chi connectivity index (χ1v) is 3.20. The second kappa shape index (κ2) is 8.82. The lowest BCUT2D eigenvalue weighted by Gasteiger charge is -1.74. The van der Waals surface area contributed by atoms with Gasteiger partial charge in [0, 0.05) is 0 Å². The van der Waals surface area contributed by atoms with E-state index >= 15 is 0 Å². The number of hydrogen-bond donors (Lipinski definition) is 1. The van der Waals surface area contributed by atoms with E-state index < -0.39 is 5.97 Å². The number of rotatable bonds is 1. The molecule has 0 saturated carbocycles. The summed E-state index contributed by atoms with van der Waals surface area (Å²) >= 11 is 14.6. The standard InChI is InChI=1S/C3H2Cl2O2.C2H3Cl/c4-2(5)1-3(6)7;1-2-3/h1H,(H,6,7);2H,1H2. The van der Waals surface area contributed by atoms with Crippen LogP contribution in [0.2, 0.25) is 0 Å². The minimum Gasteiger partial charge on any atom is -0.478 e. The maximum absolute atomic E-state index is 9.56. The van der Waals surface area contributed by atoms with Crippen molar-refractivity contribution in [1.29, 1.82) is 0 Å². The minimum atomic E-state index is -1.14. The van der Waals surface area contributed by atoms with Crippen molar-refractivity contribution in [3.63, 3.8) is 0 Å². The van der Waals surface area contributed by atoms with Crippen LogP contribution < -0.4 is 0 Å². The molecule has 0 radical (unpaired) electrons. The number of carboxylic acids is 1. The lowest BCUT2D eigenvalue weighted by atomic mass is 10.7. The fourth-order valence-corrected chi connectivity index (χ4v) is 0.280. The number of aliphatic carboxylic acids is 1. The Labute approximate surface area is 73.7 Å². The van der Waals surface area contributed by atoms with Crippen LogP contribution in [0.15, 0.2) is 22.7 Å². The first kappa shape index (κ1) is 12.5. The first-order chi connectivity index (χ1) is 4.54. The molecule has 0 bridgehead atoms. The van der Waals surface area contributed by atoms with E-state index in [9.17, 15) is 4.79 Å². The van der Waals surface area contributed by atoms with E-state index in [1.54, 1.807) is 0 Å². The molecule has 0 aliphatic carbocycles. The molecule has 0 aromatic heterocycles. The van der Waals surface area contributed by atoms with E-state index in [-0.39, 0.29) is 4.49 Å². The Kier molecular flexibility index (Phi) is 11.0. The van der Waals surface area contributed by atoms with Crippen molar-refractivity contribution in [3.8, 4) is 0 Å². The zero-order chi connectivity index (χ0) is 8.57. The summed E-state index contributed by atoms with van der Waals surface area (Å²) in [5.41, 5.74) is 1.22. The van der Waals surface area contributed by atoms with Gasteiger partial charge in [-0.25, -0.2) is 4.79 Å². The molecule has 0 saturated heterocycles. The molecule has 0 aromatic rings. The maximum Gasteiger partial charge on any atom is 0.330 e.